The quantitative estimate of drug-likeness (QED) is 0.143. The Morgan fingerprint density at radius 1 is 0.952 bits per heavy atom. The van der Waals surface area contributed by atoms with Crippen LogP contribution in [-0.2, 0) is 24.6 Å². The van der Waals surface area contributed by atoms with Crippen molar-refractivity contribution in [1.29, 1.82) is 5.26 Å². The van der Waals surface area contributed by atoms with Crippen LogP contribution < -0.4 is 20.3 Å². The van der Waals surface area contributed by atoms with Crippen molar-refractivity contribution < 1.29 is 19.4 Å². The molecule has 0 saturated heterocycles. The minimum Gasteiger partial charge on any atom is -0.488 e. The number of hydrogen-bond donors (Lipinski definition) is 2. The highest BCUT2D eigenvalue weighted by atomic mass is 35.5. The molecule has 0 bridgehead atoms. The summed E-state index contributed by atoms with van der Waals surface area (Å²) in [7, 11) is 2.10. The number of aliphatic carboxylic acids is 1. The van der Waals surface area contributed by atoms with Gasteiger partial charge in [0.2, 0.25) is 0 Å². The van der Waals surface area contributed by atoms with Crippen molar-refractivity contribution in [3.63, 3.8) is 0 Å². The summed E-state index contributed by atoms with van der Waals surface area (Å²) in [6.07, 6.45) is 4.14. The number of ether oxygens (including phenoxy) is 2. The van der Waals surface area contributed by atoms with Crippen LogP contribution in [0.3, 0.4) is 0 Å². The molecule has 0 amide bonds. The lowest BCUT2D eigenvalue weighted by Gasteiger charge is -2.17. The first kappa shape index (κ1) is 30.6. The molecule has 214 valence electrons. The Hall–Kier alpha value is -4.32. The van der Waals surface area contributed by atoms with Crippen molar-refractivity contribution in [3.8, 4) is 28.7 Å². The minimum absolute atomic E-state index is 0.188. The van der Waals surface area contributed by atoms with E-state index in [1.54, 1.807) is 12.3 Å². The smallest absolute Gasteiger partial charge is 0.303 e. The van der Waals surface area contributed by atoms with Gasteiger partial charge in [-0.05, 0) is 59.8 Å². The Labute approximate surface area is 252 Å². The summed E-state index contributed by atoms with van der Waals surface area (Å²) in [6, 6.07) is 25.7. The van der Waals surface area contributed by atoms with E-state index in [4.69, 9.17) is 26.2 Å². The number of aromatic nitrogens is 1. The first-order valence-corrected chi connectivity index (χ1v) is 14.3. The summed E-state index contributed by atoms with van der Waals surface area (Å²) < 4.78 is 12.4. The molecule has 42 heavy (non-hydrogen) atoms. The number of carboxylic acids is 1. The Kier molecular flexibility index (Phi) is 11.4. The number of nitrogens with one attached hydrogen (secondary N) is 1. The summed E-state index contributed by atoms with van der Waals surface area (Å²) in [5, 5.41) is 21.9. The summed E-state index contributed by atoms with van der Waals surface area (Å²) in [5.74, 6) is 0.371. The predicted octanol–water partition coefficient (Wildman–Crippen LogP) is 5.42. The molecule has 3 aromatic carbocycles. The number of halogens is 1. The van der Waals surface area contributed by atoms with Crippen LogP contribution >= 0.6 is 11.6 Å². The van der Waals surface area contributed by atoms with E-state index >= 15 is 0 Å². The SMILES string of the molecule is Bc1c(COc2cc(OCc3ccnc(C#N)c3)c(CNCCCCCC(=O)O)cc2Cl)cccc1-c1ccccc1. The Balaban J connectivity index is 1.48. The van der Waals surface area contributed by atoms with E-state index in [1.807, 2.05) is 42.5 Å². The van der Waals surface area contributed by atoms with Gasteiger partial charge in [-0.1, -0.05) is 72.0 Å². The zero-order valence-corrected chi connectivity index (χ0v) is 24.4. The molecule has 0 spiro atoms. The van der Waals surface area contributed by atoms with E-state index in [-0.39, 0.29) is 13.0 Å². The van der Waals surface area contributed by atoms with Crippen LogP contribution in [0.15, 0.2) is 79.0 Å². The molecule has 2 N–H and O–H groups in total. The van der Waals surface area contributed by atoms with E-state index < -0.39 is 5.97 Å². The lowest BCUT2D eigenvalue weighted by molar-refractivity contribution is -0.137. The van der Waals surface area contributed by atoms with Crippen LogP contribution in [0.4, 0.5) is 0 Å². The molecule has 0 fully saturated rings. The highest BCUT2D eigenvalue weighted by molar-refractivity contribution is 6.37. The van der Waals surface area contributed by atoms with Crippen molar-refractivity contribution in [3.05, 3.63) is 106 Å². The van der Waals surface area contributed by atoms with Gasteiger partial charge in [0, 0.05) is 30.8 Å². The normalized spacial score (nSPS) is 10.7. The highest BCUT2D eigenvalue weighted by Gasteiger charge is 2.14. The average Bonchev–Trinajstić information content (AvgIpc) is 3.00. The van der Waals surface area contributed by atoms with Gasteiger partial charge < -0.3 is 19.9 Å². The number of carbonyl (C=O) groups is 1. The maximum Gasteiger partial charge on any atom is 0.303 e. The number of unbranched alkanes of at least 4 members (excludes halogenated alkanes) is 2. The number of nitrogens with zero attached hydrogens (tertiary/aromatic N) is 2. The third-order valence-electron chi connectivity index (χ3n) is 6.92. The van der Waals surface area contributed by atoms with Gasteiger partial charge in [0.15, 0.2) is 0 Å². The molecule has 9 heteroatoms. The monoisotopic (exact) mass is 581 g/mol. The zero-order chi connectivity index (χ0) is 29.7. The fraction of sp³-hybridized carbons (Fsp3) is 0.242. The topological polar surface area (TPSA) is 104 Å². The fourth-order valence-corrected chi connectivity index (χ4v) is 4.84. The van der Waals surface area contributed by atoms with Gasteiger partial charge >= 0.3 is 5.97 Å². The van der Waals surface area contributed by atoms with Crippen LogP contribution in [0.1, 0.15) is 48.1 Å². The summed E-state index contributed by atoms with van der Waals surface area (Å²) in [5.41, 5.74) is 6.54. The summed E-state index contributed by atoms with van der Waals surface area (Å²) >= 11 is 6.69. The third kappa shape index (κ3) is 8.84. The van der Waals surface area contributed by atoms with E-state index in [2.05, 4.69) is 48.5 Å². The number of rotatable bonds is 15. The Morgan fingerprint density at radius 2 is 1.76 bits per heavy atom. The van der Waals surface area contributed by atoms with Crippen LogP contribution in [0, 0.1) is 11.3 Å². The molecule has 7 nitrogen and oxygen atoms in total. The van der Waals surface area contributed by atoms with Crippen LogP contribution in [0.2, 0.25) is 5.02 Å². The van der Waals surface area contributed by atoms with E-state index in [9.17, 15) is 10.1 Å². The minimum atomic E-state index is -0.767. The van der Waals surface area contributed by atoms with Crippen molar-refractivity contribution in [2.45, 2.75) is 45.4 Å². The maximum atomic E-state index is 10.7. The lowest BCUT2D eigenvalue weighted by Crippen LogP contribution is -2.16. The first-order valence-electron chi connectivity index (χ1n) is 13.9. The van der Waals surface area contributed by atoms with E-state index in [0.29, 0.717) is 41.8 Å². The molecule has 0 unspecified atom stereocenters. The first-order chi connectivity index (χ1) is 20.4. The van der Waals surface area contributed by atoms with Gasteiger partial charge in [-0.15, -0.1) is 0 Å². The van der Waals surface area contributed by atoms with Crippen molar-refractivity contribution >= 4 is 30.9 Å². The number of nitriles is 1. The molecule has 0 radical (unpaired) electrons. The number of benzene rings is 3. The zero-order valence-electron chi connectivity index (χ0n) is 23.6. The summed E-state index contributed by atoms with van der Waals surface area (Å²) in [6.45, 7) is 1.85. The Morgan fingerprint density at radius 3 is 2.55 bits per heavy atom. The van der Waals surface area contributed by atoms with Gasteiger partial charge in [0.1, 0.15) is 44.3 Å². The molecule has 4 rings (SSSR count). The second kappa shape index (κ2) is 15.6. The molecule has 0 aliphatic heterocycles. The van der Waals surface area contributed by atoms with Crippen LogP contribution in [0.5, 0.6) is 11.5 Å². The number of pyridine rings is 1. The third-order valence-corrected chi connectivity index (χ3v) is 7.22. The van der Waals surface area contributed by atoms with Gasteiger partial charge in [0.25, 0.3) is 0 Å². The molecule has 0 atom stereocenters. The standard InChI is InChI=1S/C33H33BClN3O4/c34-33-25(10-7-11-28(33)24-8-3-1-4-9-24)22-42-31-18-30(41-21-23-13-15-38-27(16-23)19-36)26(17-29(31)35)20-37-14-6-2-5-12-32(39)40/h1,3-4,7-11,13,15-18,37H,2,5-6,12,14,20-22,34H2,(H,39,40). The molecule has 0 aliphatic carbocycles. The van der Waals surface area contributed by atoms with Crippen LogP contribution in [0.25, 0.3) is 11.1 Å². The van der Waals surface area contributed by atoms with Gasteiger partial charge in [-0.3, -0.25) is 4.79 Å². The largest absolute Gasteiger partial charge is 0.488 e. The number of carboxylic acid groups (broad SMARTS) is 1. The van der Waals surface area contributed by atoms with E-state index in [0.717, 1.165) is 52.7 Å². The molecule has 1 aromatic heterocycles. The Bertz CT molecular complexity index is 1540. The average molecular weight is 582 g/mol. The molecular formula is C33H33BClN3O4. The highest BCUT2D eigenvalue weighted by Crippen LogP contribution is 2.34. The van der Waals surface area contributed by atoms with Gasteiger partial charge in [-0.2, -0.15) is 5.26 Å². The second-order valence-corrected chi connectivity index (χ2v) is 10.4. The van der Waals surface area contributed by atoms with Crippen molar-refractivity contribution in [2.75, 3.05) is 6.54 Å². The maximum absolute atomic E-state index is 10.7. The lowest BCUT2D eigenvalue weighted by atomic mass is 9.83. The van der Waals surface area contributed by atoms with Crippen molar-refractivity contribution in [1.82, 2.24) is 10.3 Å². The second-order valence-electron chi connectivity index (χ2n) is 9.97. The number of hydrogen-bond acceptors (Lipinski definition) is 6. The molecule has 1 heterocycles. The molecule has 4 aromatic rings. The predicted molar refractivity (Wildman–Crippen MR) is 167 cm³/mol. The van der Waals surface area contributed by atoms with Gasteiger partial charge in [0.05, 0.1) is 5.02 Å². The molecule has 0 aliphatic rings. The van der Waals surface area contributed by atoms with E-state index in [1.165, 1.54) is 0 Å². The van der Waals surface area contributed by atoms with Crippen molar-refractivity contribution in [2.24, 2.45) is 0 Å². The summed E-state index contributed by atoms with van der Waals surface area (Å²) in [4.78, 5) is 14.7. The van der Waals surface area contributed by atoms with Crippen LogP contribution in [-0.4, -0.2) is 30.5 Å². The van der Waals surface area contributed by atoms with Gasteiger partial charge in [-0.25, -0.2) is 4.98 Å². The molecule has 0 saturated carbocycles. The fourth-order valence-electron chi connectivity index (χ4n) is 4.60. The molecular weight excluding hydrogens is 549 g/mol.